The Kier molecular flexibility index (Phi) is 6.21. The third kappa shape index (κ3) is 4.77. The molecule has 0 saturated heterocycles. The maximum Gasteiger partial charge on any atom is 0.337 e. The van der Waals surface area contributed by atoms with Crippen molar-refractivity contribution < 1.29 is 23.2 Å². The molecule has 0 bridgehead atoms. The standard InChI is InChI=1S/C24H18F2N4O3/c25-18-9-6-16(7-10-18)14-28-22(31)17-8-11-21(27-15-17)29-12-3-13-30(24(29)33)23(32)19-4-1-2-5-20(19)26/h1-12,15H,13-14H2,(H,28,31). The molecule has 0 spiro atoms. The minimum Gasteiger partial charge on any atom is -0.348 e. The normalized spacial score (nSPS) is 13.2. The summed E-state index contributed by atoms with van der Waals surface area (Å²) in [5.74, 6) is -2.04. The van der Waals surface area contributed by atoms with E-state index >= 15 is 0 Å². The van der Waals surface area contributed by atoms with Gasteiger partial charge in [0.05, 0.1) is 17.7 Å². The highest BCUT2D eigenvalue weighted by atomic mass is 19.1. The highest BCUT2D eigenvalue weighted by Gasteiger charge is 2.31. The lowest BCUT2D eigenvalue weighted by Gasteiger charge is -2.29. The molecule has 4 rings (SSSR count). The Morgan fingerprint density at radius 1 is 1.00 bits per heavy atom. The van der Waals surface area contributed by atoms with Crippen LogP contribution < -0.4 is 10.2 Å². The van der Waals surface area contributed by atoms with Crippen molar-refractivity contribution in [2.24, 2.45) is 0 Å². The molecule has 2 heterocycles. The fourth-order valence-corrected chi connectivity index (χ4v) is 3.20. The highest BCUT2D eigenvalue weighted by molar-refractivity contribution is 6.10. The van der Waals surface area contributed by atoms with Crippen LogP contribution in [0.2, 0.25) is 0 Å². The summed E-state index contributed by atoms with van der Waals surface area (Å²) in [5.41, 5.74) is 0.786. The van der Waals surface area contributed by atoms with Crippen molar-refractivity contribution in [3.63, 3.8) is 0 Å². The van der Waals surface area contributed by atoms with Gasteiger partial charge in [0.15, 0.2) is 0 Å². The molecule has 0 atom stereocenters. The van der Waals surface area contributed by atoms with Gasteiger partial charge in [0.1, 0.15) is 17.5 Å². The molecule has 166 valence electrons. The van der Waals surface area contributed by atoms with Gasteiger partial charge in [-0.2, -0.15) is 0 Å². The molecule has 0 fully saturated rings. The monoisotopic (exact) mass is 448 g/mol. The Bertz CT molecular complexity index is 1230. The zero-order valence-electron chi connectivity index (χ0n) is 17.2. The molecule has 0 radical (unpaired) electrons. The summed E-state index contributed by atoms with van der Waals surface area (Å²) >= 11 is 0. The van der Waals surface area contributed by atoms with Crippen LogP contribution in [0, 0.1) is 11.6 Å². The molecule has 0 saturated carbocycles. The first kappa shape index (κ1) is 21.8. The number of aromatic nitrogens is 1. The quantitative estimate of drug-likeness (QED) is 0.642. The summed E-state index contributed by atoms with van der Waals surface area (Å²) in [6.45, 7) is 0.202. The summed E-state index contributed by atoms with van der Waals surface area (Å²) in [4.78, 5) is 44.1. The first-order chi connectivity index (χ1) is 15.9. The van der Waals surface area contributed by atoms with Gasteiger partial charge in [-0.3, -0.25) is 19.4 Å². The number of benzene rings is 2. The number of hydrogen-bond acceptors (Lipinski definition) is 4. The van der Waals surface area contributed by atoms with Crippen LogP contribution in [0.3, 0.4) is 0 Å². The van der Waals surface area contributed by atoms with E-state index in [1.165, 1.54) is 54.9 Å². The number of nitrogens with zero attached hydrogens (tertiary/aromatic N) is 3. The van der Waals surface area contributed by atoms with E-state index in [4.69, 9.17) is 0 Å². The van der Waals surface area contributed by atoms with E-state index in [2.05, 4.69) is 10.3 Å². The molecule has 0 unspecified atom stereocenters. The van der Waals surface area contributed by atoms with E-state index in [0.29, 0.717) is 0 Å². The van der Waals surface area contributed by atoms with Gasteiger partial charge >= 0.3 is 6.03 Å². The van der Waals surface area contributed by atoms with Crippen molar-refractivity contribution in [2.75, 3.05) is 11.4 Å². The third-order valence-electron chi connectivity index (χ3n) is 4.95. The van der Waals surface area contributed by atoms with Crippen LogP contribution in [0.15, 0.2) is 79.1 Å². The number of urea groups is 1. The summed E-state index contributed by atoms with van der Waals surface area (Å²) in [7, 11) is 0. The molecule has 1 aromatic heterocycles. The number of carbonyl (C=O) groups is 3. The maximum atomic E-state index is 14.0. The number of halogens is 2. The van der Waals surface area contributed by atoms with Crippen molar-refractivity contribution in [3.8, 4) is 0 Å². The highest BCUT2D eigenvalue weighted by Crippen LogP contribution is 2.20. The van der Waals surface area contributed by atoms with E-state index in [9.17, 15) is 23.2 Å². The van der Waals surface area contributed by atoms with E-state index in [1.54, 1.807) is 18.2 Å². The zero-order valence-corrected chi connectivity index (χ0v) is 17.2. The summed E-state index contributed by atoms with van der Waals surface area (Å²) in [5, 5.41) is 2.70. The second-order valence-corrected chi connectivity index (χ2v) is 7.15. The number of imide groups is 1. The molecule has 1 N–H and O–H groups in total. The lowest BCUT2D eigenvalue weighted by atomic mass is 10.2. The number of anilines is 1. The molecule has 9 heteroatoms. The second-order valence-electron chi connectivity index (χ2n) is 7.15. The first-order valence-corrected chi connectivity index (χ1v) is 9.99. The molecular formula is C24H18F2N4O3. The molecule has 0 aliphatic carbocycles. The predicted octanol–water partition coefficient (Wildman–Crippen LogP) is 3.89. The number of pyridine rings is 1. The minimum atomic E-state index is -0.760. The number of carbonyl (C=O) groups excluding carboxylic acids is 3. The van der Waals surface area contributed by atoms with Gasteiger partial charge in [-0.25, -0.2) is 18.6 Å². The fraction of sp³-hybridized carbons (Fsp3) is 0.0833. The van der Waals surface area contributed by atoms with Crippen LogP contribution in [0.4, 0.5) is 19.4 Å². The average Bonchev–Trinajstić information content (AvgIpc) is 2.84. The van der Waals surface area contributed by atoms with Crippen molar-refractivity contribution in [1.29, 1.82) is 0 Å². The smallest absolute Gasteiger partial charge is 0.337 e. The third-order valence-corrected chi connectivity index (χ3v) is 4.95. The van der Waals surface area contributed by atoms with Crippen molar-refractivity contribution >= 4 is 23.7 Å². The Balaban J connectivity index is 1.44. The first-order valence-electron chi connectivity index (χ1n) is 9.99. The van der Waals surface area contributed by atoms with Crippen LogP contribution in [0.25, 0.3) is 0 Å². The Morgan fingerprint density at radius 3 is 2.45 bits per heavy atom. The molecule has 1 aliphatic heterocycles. The lowest BCUT2D eigenvalue weighted by molar-refractivity contribution is 0.0813. The minimum absolute atomic E-state index is 0.00756. The van der Waals surface area contributed by atoms with Crippen LogP contribution in [0.5, 0.6) is 0 Å². The topological polar surface area (TPSA) is 82.6 Å². The zero-order chi connectivity index (χ0) is 23.4. The van der Waals surface area contributed by atoms with Crippen LogP contribution in [0.1, 0.15) is 26.3 Å². The molecule has 33 heavy (non-hydrogen) atoms. The molecular weight excluding hydrogens is 430 g/mol. The van der Waals surface area contributed by atoms with Gasteiger partial charge in [-0.1, -0.05) is 24.3 Å². The predicted molar refractivity (Wildman–Crippen MR) is 116 cm³/mol. The summed E-state index contributed by atoms with van der Waals surface area (Å²) in [6.07, 6.45) is 4.34. The second kappa shape index (κ2) is 9.39. The van der Waals surface area contributed by atoms with Crippen LogP contribution in [-0.2, 0) is 6.54 Å². The van der Waals surface area contributed by atoms with Crippen LogP contribution >= 0.6 is 0 Å². The summed E-state index contributed by atoms with van der Waals surface area (Å²) in [6, 6.07) is 13.4. The van der Waals surface area contributed by atoms with Gasteiger partial charge in [-0.15, -0.1) is 0 Å². The number of amides is 4. The molecule has 7 nitrogen and oxygen atoms in total. The fourth-order valence-electron chi connectivity index (χ4n) is 3.20. The molecule has 4 amide bonds. The number of hydrogen-bond donors (Lipinski definition) is 1. The Hall–Kier alpha value is -4.40. The number of rotatable bonds is 5. The van der Waals surface area contributed by atoms with Gasteiger partial charge in [0, 0.05) is 18.9 Å². The molecule has 1 aliphatic rings. The van der Waals surface area contributed by atoms with E-state index in [1.807, 2.05) is 0 Å². The largest absolute Gasteiger partial charge is 0.348 e. The summed E-state index contributed by atoms with van der Waals surface area (Å²) < 4.78 is 27.0. The van der Waals surface area contributed by atoms with Gasteiger partial charge < -0.3 is 5.32 Å². The van der Waals surface area contributed by atoms with E-state index in [0.717, 1.165) is 21.4 Å². The Morgan fingerprint density at radius 2 is 1.76 bits per heavy atom. The van der Waals surface area contributed by atoms with Gasteiger partial charge in [0.25, 0.3) is 11.8 Å². The molecule has 2 aromatic carbocycles. The van der Waals surface area contributed by atoms with Gasteiger partial charge in [-0.05, 0) is 48.0 Å². The maximum absolute atomic E-state index is 14.0. The molecule has 3 aromatic rings. The van der Waals surface area contributed by atoms with Crippen LogP contribution in [-0.4, -0.2) is 34.3 Å². The number of nitrogens with one attached hydrogen (secondary N) is 1. The van der Waals surface area contributed by atoms with Crippen molar-refractivity contribution in [3.05, 3.63) is 107 Å². The lowest BCUT2D eigenvalue weighted by Crippen LogP contribution is -2.47. The van der Waals surface area contributed by atoms with Gasteiger partial charge in [0.2, 0.25) is 0 Å². The Labute approximate surface area is 188 Å². The van der Waals surface area contributed by atoms with Crippen molar-refractivity contribution in [1.82, 2.24) is 15.2 Å². The SMILES string of the molecule is O=C(NCc1ccc(F)cc1)c1ccc(N2C=CCN(C(=O)c3ccccc3F)C2=O)nc1. The average molecular weight is 448 g/mol. The van der Waals surface area contributed by atoms with E-state index < -0.39 is 23.7 Å². The van der Waals surface area contributed by atoms with E-state index in [-0.39, 0.29) is 35.9 Å². The van der Waals surface area contributed by atoms with Crippen molar-refractivity contribution in [2.45, 2.75) is 6.54 Å².